The Morgan fingerprint density at radius 2 is 1.86 bits per heavy atom. The number of halogens is 1. The van der Waals surface area contributed by atoms with Crippen LogP contribution < -0.4 is 14.8 Å². The van der Waals surface area contributed by atoms with E-state index in [0.717, 1.165) is 10.2 Å². The second-order valence-corrected chi connectivity index (χ2v) is 5.15. The van der Waals surface area contributed by atoms with Crippen molar-refractivity contribution in [2.24, 2.45) is 0 Å². The van der Waals surface area contributed by atoms with Gasteiger partial charge < -0.3 is 14.8 Å². The Morgan fingerprint density at radius 1 is 1.10 bits per heavy atom. The molecule has 0 aliphatic heterocycles. The zero-order chi connectivity index (χ0) is 15.1. The summed E-state index contributed by atoms with van der Waals surface area (Å²) in [6.45, 7) is 0.763. The molecule has 0 unspecified atom stereocenters. The summed E-state index contributed by atoms with van der Waals surface area (Å²) in [5.74, 6) is 1.15. The van der Waals surface area contributed by atoms with Gasteiger partial charge in [-0.3, -0.25) is 4.79 Å². The first-order chi connectivity index (χ1) is 10.2. The van der Waals surface area contributed by atoms with Crippen LogP contribution in [0.3, 0.4) is 0 Å². The molecule has 2 aromatic rings. The Morgan fingerprint density at radius 3 is 2.62 bits per heavy atom. The molecule has 0 spiro atoms. The van der Waals surface area contributed by atoms with Crippen LogP contribution in [0.25, 0.3) is 0 Å². The summed E-state index contributed by atoms with van der Waals surface area (Å²) in [6.07, 6.45) is 0. The second-order valence-electron chi connectivity index (χ2n) is 4.23. The highest BCUT2D eigenvalue weighted by Gasteiger charge is 2.09. The van der Waals surface area contributed by atoms with Crippen molar-refractivity contribution in [3.63, 3.8) is 0 Å². The molecule has 0 radical (unpaired) electrons. The van der Waals surface area contributed by atoms with E-state index >= 15 is 0 Å². The van der Waals surface area contributed by atoms with Crippen molar-refractivity contribution < 1.29 is 14.3 Å². The lowest BCUT2D eigenvalue weighted by atomic mass is 10.2. The molecule has 0 aliphatic carbocycles. The highest BCUT2D eigenvalue weighted by Crippen LogP contribution is 2.19. The largest absolute Gasteiger partial charge is 0.490 e. The third-order valence-corrected chi connectivity index (χ3v) is 3.26. The van der Waals surface area contributed by atoms with Gasteiger partial charge in [0.1, 0.15) is 24.7 Å². The molecule has 5 heteroatoms. The van der Waals surface area contributed by atoms with Crippen LogP contribution in [0.15, 0.2) is 53.0 Å². The second kappa shape index (κ2) is 7.69. The van der Waals surface area contributed by atoms with E-state index in [2.05, 4.69) is 21.2 Å². The van der Waals surface area contributed by atoms with Gasteiger partial charge in [-0.05, 0) is 30.3 Å². The summed E-state index contributed by atoms with van der Waals surface area (Å²) in [6, 6.07) is 14.7. The predicted octanol–water partition coefficient (Wildman–Crippen LogP) is 3.27. The summed E-state index contributed by atoms with van der Waals surface area (Å²) < 4.78 is 12.2. The normalized spacial score (nSPS) is 10.0. The van der Waals surface area contributed by atoms with Crippen molar-refractivity contribution >= 4 is 21.8 Å². The first-order valence-corrected chi connectivity index (χ1v) is 7.32. The Labute approximate surface area is 132 Å². The smallest absolute Gasteiger partial charge is 0.254 e. The fourth-order valence-corrected chi connectivity index (χ4v) is 2.16. The fourth-order valence-electron chi connectivity index (χ4n) is 1.78. The average molecular weight is 350 g/mol. The summed E-state index contributed by atoms with van der Waals surface area (Å²) >= 11 is 3.39. The predicted molar refractivity (Wildman–Crippen MR) is 85.0 cm³/mol. The van der Waals surface area contributed by atoms with Gasteiger partial charge in [0.25, 0.3) is 5.91 Å². The van der Waals surface area contributed by atoms with Gasteiger partial charge in [-0.1, -0.05) is 34.1 Å². The Balaban J connectivity index is 1.88. The number of benzene rings is 2. The molecule has 0 bridgehead atoms. The average Bonchev–Trinajstić information content (AvgIpc) is 2.51. The van der Waals surface area contributed by atoms with Crippen LogP contribution in [-0.2, 0) is 0 Å². The highest BCUT2D eigenvalue weighted by atomic mass is 79.9. The van der Waals surface area contributed by atoms with Gasteiger partial charge in [0, 0.05) is 11.5 Å². The number of rotatable bonds is 6. The van der Waals surface area contributed by atoms with Gasteiger partial charge in [-0.2, -0.15) is 0 Å². The minimum absolute atomic E-state index is 0.168. The topological polar surface area (TPSA) is 47.6 Å². The molecule has 4 nitrogen and oxygen atoms in total. The van der Waals surface area contributed by atoms with Crippen LogP contribution >= 0.6 is 15.9 Å². The lowest BCUT2D eigenvalue weighted by molar-refractivity contribution is 0.0958. The van der Waals surface area contributed by atoms with E-state index < -0.39 is 0 Å². The summed E-state index contributed by atoms with van der Waals surface area (Å²) in [7, 11) is 1.59. The first kappa shape index (κ1) is 15.4. The Kier molecular flexibility index (Phi) is 5.63. The van der Waals surface area contributed by atoms with Crippen LogP contribution in [0.5, 0.6) is 11.5 Å². The third kappa shape index (κ3) is 4.49. The quantitative estimate of drug-likeness (QED) is 0.814. The Hall–Kier alpha value is -2.01. The molecular weight excluding hydrogens is 334 g/mol. The first-order valence-electron chi connectivity index (χ1n) is 6.53. The summed E-state index contributed by atoms with van der Waals surface area (Å²) in [4.78, 5) is 11.7. The van der Waals surface area contributed by atoms with Crippen molar-refractivity contribution in [2.75, 3.05) is 20.3 Å². The van der Waals surface area contributed by atoms with Crippen molar-refractivity contribution in [2.45, 2.75) is 0 Å². The monoisotopic (exact) mass is 349 g/mol. The highest BCUT2D eigenvalue weighted by molar-refractivity contribution is 9.10. The Bertz CT molecular complexity index is 616. The van der Waals surface area contributed by atoms with E-state index in [0.29, 0.717) is 24.5 Å². The molecule has 0 saturated carbocycles. The lowest BCUT2D eigenvalue weighted by Gasteiger charge is -2.11. The fraction of sp³-hybridized carbons (Fsp3) is 0.188. The maximum atomic E-state index is 11.7. The number of amides is 1. The number of carbonyl (C=O) groups excluding carboxylic acids is 1. The molecule has 0 saturated heterocycles. The molecule has 0 heterocycles. The molecular formula is C16H16BrNO3. The zero-order valence-electron chi connectivity index (χ0n) is 11.6. The van der Waals surface area contributed by atoms with Crippen LogP contribution in [-0.4, -0.2) is 26.2 Å². The van der Waals surface area contributed by atoms with Crippen molar-refractivity contribution in [3.8, 4) is 11.5 Å². The molecule has 2 aromatic carbocycles. The van der Waals surface area contributed by atoms with Crippen LogP contribution in [0.2, 0.25) is 0 Å². The van der Waals surface area contributed by atoms with Gasteiger partial charge in [0.15, 0.2) is 0 Å². The number of hydrogen-bond acceptors (Lipinski definition) is 3. The molecule has 0 fully saturated rings. The molecule has 0 atom stereocenters. The van der Waals surface area contributed by atoms with Crippen LogP contribution in [0.1, 0.15) is 10.4 Å². The maximum Gasteiger partial charge on any atom is 0.254 e. The van der Waals surface area contributed by atoms with Crippen LogP contribution in [0.4, 0.5) is 0 Å². The van der Waals surface area contributed by atoms with Gasteiger partial charge in [-0.25, -0.2) is 0 Å². The van der Waals surface area contributed by atoms with Crippen molar-refractivity contribution in [3.05, 3.63) is 58.6 Å². The third-order valence-electron chi connectivity index (χ3n) is 2.76. The molecule has 1 amide bonds. The summed E-state index contributed by atoms with van der Waals surface area (Å²) in [5.41, 5.74) is 0.516. The molecule has 2 rings (SSSR count). The van der Waals surface area contributed by atoms with E-state index in [1.54, 1.807) is 25.2 Å². The maximum absolute atomic E-state index is 11.7. The lowest BCUT2D eigenvalue weighted by Crippen LogP contribution is -2.19. The molecule has 0 aliphatic rings. The molecule has 0 aromatic heterocycles. The molecule has 110 valence electrons. The van der Waals surface area contributed by atoms with Gasteiger partial charge in [0.2, 0.25) is 0 Å². The van der Waals surface area contributed by atoms with E-state index in [9.17, 15) is 4.79 Å². The summed E-state index contributed by atoms with van der Waals surface area (Å²) in [5, 5.41) is 2.59. The van der Waals surface area contributed by atoms with E-state index in [4.69, 9.17) is 9.47 Å². The number of ether oxygens (including phenoxy) is 2. The SMILES string of the molecule is CNC(=O)c1ccccc1OCCOc1cccc(Br)c1. The van der Waals surface area contributed by atoms with E-state index in [-0.39, 0.29) is 5.91 Å². The zero-order valence-corrected chi connectivity index (χ0v) is 13.2. The number of hydrogen-bond donors (Lipinski definition) is 1. The minimum Gasteiger partial charge on any atom is -0.490 e. The van der Waals surface area contributed by atoms with Gasteiger partial charge in [0.05, 0.1) is 5.56 Å². The molecule has 21 heavy (non-hydrogen) atoms. The van der Waals surface area contributed by atoms with Crippen molar-refractivity contribution in [1.29, 1.82) is 0 Å². The van der Waals surface area contributed by atoms with E-state index in [1.165, 1.54) is 0 Å². The minimum atomic E-state index is -0.168. The number of nitrogens with one attached hydrogen (secondary N) is 1. The van der Waals surface area contributed by atoms with Gasteiger partial charge in [-0.15, -0.1) is 0 Å². The molecule has 1 N–H and O–H groups in total. The number of carbonyl (C=O) groups is 1. The van der Waals surface area contributed by atoms with Gasteiger partial charge >= 0.3 is 0 Å². The van der Waals surface area contributed by atoms with E-state index in [1.807, 2.05) is 30.3 Å². The van der Waals surface area contributed by atoms with Crippen molar-refractivity contribution in [1.82, 2.24) is 5.32 Å². The van der Waals surface area contributed by atoms with Crippen LogP contribution in [0, 0.1) is 0 Å². The standard InChI is InChI=1S/C16H16BrNO3/c1-18-16(19)14-7-2-3-8-15(14)21-10-9-20-13-6-4-5-12(17)11-13/h2-8,11H,9-10H2,1H3,(H,18,19). The number of para-hydroxylation sites is 1.